The van der Waals surface area contributed by atoms with E-state index in [1.807, 2.05) is 11.5 Å². The highest BCUT2D eigenvalue weighted by atomic mass is 32.1. The van der Waals surface area contributed by atoms with E-state index in [1.54, 1.807) is 0 Å². The molecule has 1 aromatic heterocycles. The highest BCUT2D eigenvalue weighted by Gasteiger charge is 2.12. The van der Waals surface area contributed by atoms with Crippen molar-refractivity contribution in [2.75, 3.05) is 5.73 Å². The molecule has 0 bridgehead atoms. The number of ketones is 1. The summed E-state index contributed by atoms with van der Waals surface area (Å²) in [7, 11) is 0. The van der Waals surface area contributed by atoms with Gasteiger partial charge in [-0.1, -0.05) is 6.08 Å². The van der Waals surface area contributed by atoms with Crippen molar-refractivity contribution in [3.05, 3.63) is 15.1 Å². The Hall–Kier alpha value is -1.29. The van der Waals surface area contributed by atoms with Gasteiger partial charge < -0.3 is 11.5 Å². The van der Waals surface area contributed by atoms with Gasteiger partial charge in [0.25, 0.3) is 0 Å². The molecule has 12 heavy (non-hydrogen) atoms. The molecule has 4 heteroatoms. The maximum Gasteiger partial charge on any atom is 0.183 e. The highest BCUT2D eigenvalue weighted by molar-refractivity contribution is 7.08. The molecule has 0 atom stereocenters. The van der Waals surface area contributed by atoms with Gasteiger partial charge >= 0.3 is 0 Å². The third kappa shape index (κ3) is 0.848. The zero-order valence-corrected chi connectivity index (χ0v) is 7.15. The van der Waals surface area contributed by atoms with Crippen LogP contribution in [-0.2, 0) is 4.79 Å². The maximum absolute atomic E-state index is 11.2. The average molecular weight is 180 g/mol. The van der Waals surface area contributed by atoms with Crippen molar-refractivity contribution in [2.45, 2.75) is 6.42 Å². The van der Waals surface area contributed by atoms with Crippen LogP contribution in [0.25, 0.3) is 11.8 Å². The van der Waals surface area contributed by atoms with Crippen molar-refractivity contribution < 1.29 is 4.79 Å². The van der Waals surface area contributed by atoms with Gasteiger partial charge in [0.1, 0.15) is 0 Å². The monoisotopic (exact) mass is 180 g/mol. The van der Waals surface area contributed by atoms with E-state index in [-0.39, 0.29) is 5.78 Å². The molecule has 2 rings (SSSR count). The van der Waals surface area contributed by atoms with Gasteiger partial charge in [-0.15, -0.1) is 11.3 Å². The molecule has 0 fully saturated rings. The smallest absolute Gasteiger partial charge is 0.183 e. The van der Waals surface area contributed by atoms with E-state index in [4.69, 9.17) is 11.5 Å². The van der Waals surface area contributed by atoms with Crippen LogP contribution in [0.3, 0.4) is 0 Å². The van der Waals surface area contributed by atoms with Gasteiger partial charge in [0.05, 0.1) is 11.4 Å². The number of Topliss-reactive ketones (excluding diaryl/α,β-unsaturated/α-hetero) is 1. The van der Waals surface area contributed by atoms with E-state index in [2.05, 4.69) is 0 Å². The summed E-state index contributed by atoms with van der Waals surface area (Å²) in [5, 5.41) is 2.54. The van der Waals surface area contributed by atoms with Crippen molar-refractivity contribution in [3.8, 4) is 0 Å². The number of carbonyl (C=O) groups excluding carboxylic acids is 1. The van der Waals surface area contributed by atoms with E-state index in [9.17, 15) is 4.79 Å². The fraction of sp³-hybridized carbons (Fsp3) is 0.125. The summed E-state index contributed by atoms with van der Waals surface area (Å²) >= 11 is 1.52. The molecule has 1 aromatic rings. The third-order valence-corrected chi connectivity index (χ3v) is 2.89. The summed E-state index contributed by atoms with van der Waals surface area (Å²) in [5.74, 6) is -0.0346. The lowest BCUT2D eigenvalue weighted by Gasteiger charge is -2.01. The summed E-state index contributed by atoms with van der Waals surface area (Å²) in [6.45, 7) is 0. The highest BCUT2D eigenvalue weighted by Crippen LogP contribution is 2.03. The number of nitrogen functional groups attached to an aromatic ring is 1. The van der Waals surface area contributed by atoms with E-state index in [0.29, 0.717) is 17.8 Å². The fourth-order valence-corrected chi connectivity index (χ4v) is 2.16. The SMILES string of the molecule is NC1=c2c(N)csc2=CCC1=O. The molecule has 0 saturated carbocycles. The lowest BCUT2D eigenvalue weighted by atomic mass is 10.1. The Bertz CT molecular complexity index is 458. The Morgan fingerprint density at radius 3 is 2.92 bits per heavy atom. The van der Waals surface area contributed by atoms with Crippen LogP contribution in [0.15, 0.2) is 5.38 Å². The number of carbonyl (C=O) groups is 1. The van der Waals surface area contributed by atoms with Gasteiger partial charge in [-0.3, -0.25) is 4.79 Å². The van der Waals surface area contributed by atoms with Gasteiger partial charge in [0, 0.05) is 21.6 Å². The van der Waals surface area contributed by atoms with Crippen LogP contribution in [-0.4, -0.2) is 5.78 Å². The van der Waals surface area contributed by atoms with Gasteiger partial charge in [0.2, 0.25) is 0 Å². The number of thiophene rings is 1. The standard InChI is InChI=1S/C8H8N2OS/c9-4-3-12-6-2-1-5(11)8(10)7(4)6/h2-3H,1,9-10H2. The zero-order chi connectivity index (χ0) is 8.72. The van der Waals surface area contributed by atoms with E-state index in [1.165, 1.54) is 11.3 Å². The minimum atomic E-state index is -0.0346. The first kappa shape index (κ1) is 7.36. The topological polar surface area (TPSA) is 69.1 Å². The zero-order valence-electron chi connectivity index (χ0n) is 6.33. The largest absolute Gasteiger partial charge is 0.397 e. The van der Waals surface area contributed by atoms with E-state index >= 15 is 0 Å². The van der Waals surface area contributed by atoms with Crippen LogP contribution < -0.4 is 21.2 Å². The summed E-state index contributed by atoms with van der Waals surface area (Å²) in [4.78, 5) is 11.2. The van der Waals surface area contributed by atoms with Crippen LogP contribution >= 0.6 is 11.3 Å². The van der Waals surface area contributed by atoms with Crippen LogP contribution in [0.2, 0.25) is 0 Å². The molecule has 0 spiro atoms. The minimum Gasteiger partial charge on any atom is -0.397 e. The second-order valence-electron chi connectivity index (χ2n) is 2.68. The van der Waals surface area contributed by atoms with Crippen LogP contribution in [0.4, 0.5) is 5.69 Å². The molecule has 1 heterocycles. The Balaban J connectivity index is 2.97. The molecule has 1 aliphatic carbocycles. The Labute approximate surface area is 73.0 Å². The number of hydrogen-bond donors (Lipinski definition) is 2. The third-order valence-electron chi connectivity index (χ3n) is 1.89. The molecule has 0 unspecified atom stereocenters. The number of anilines is 1. The van der Waals surface area contributed by atoms with Crippen LogP contribution in [0.1, 0.15) is 6.42 Å². The van der Waals surface area contributed by atoms with Gasteiger partial charge in [-0.2, -0.15) is 0 Å². The quantitative estimate of drug-likeness (QED) is 0.546. The van der Waals surface area contributed by atoms with Gasteiger partial charge in [0.15, 0.2) is 5.78 Å². The molecule has 0 saturated heterocycles. The number of hydrogen-bond acceptors (Lipinski definition) is 4. The summed E-state index contributed by atoms with van der Waals surface area (Å²) in [5.41, 5.74) is 12.2. The van der Waals surface area contributed by atoms with Crippen molar-refractivity contribution in [2.24, 2.45) is 5.73 Å². The van der Waals surface area contributed by atoms with E-state index in [0.717, 1.165) is 9.75 Å². The van der Waals surface area contributed by atoms with Crippen LogP contribution in [0.5, 0.6) is 0 Å². The summed E-state index contributed by atoms with van der Waals surface area (Å²) in [6.07, 6.45) is 2.27. The lowest BCUT2D eigenvalue weighted by molar-refractivity contribution is -0.113. The number of fused-ring (bicyclic) bond motifs is 1. The van der Waals surface area contributed by atoms with E-state index < -0.39 is 0 Å². The molecule has 4 N–H and O–H groups in total. The van der Waals surface area contributed by atoms with Crippen molar-refractivity contribution in [1.29, 1.82) is 0 Å². The van der Waals surface area contributed by atoms with Crippen molar-refractivity contribution in [3.63, 3.8) is 0 Å². The molecule has 0 amide bonds. The second-order valence-corrected chi connectivity index (χ2v) is 3.59. The van der Waals surface area contributed by atoms with Crippen LogP contribution in [0, 0.1) is 0 Å². The predicted octanol–water partition coefficient (Wildman–Crippen LogP) is -0.850. The summed E-state index contributed by atoms with van der Waals surface area (Å²) < 4.78 is 1.02. The molecular formula is C8H8N2OS. The first-order valence-corrected chi connectivity index (χ1v) is 4.44. The molecule has 62 valence electrons. The second kappa shape index (κ2) is 2.35. The summed E-state index contributed by atoms with van der Waals surface area (Å²) in [6, 6.07) is 0. The first-order valence-electron chi connectivity index (χ1n) is 3.56. The predicted molar refractivity (Wildman–Crippen MR) is 49.7 cm³/mol. The number of nitrogens with two attached hydrogens (primary N) is 2. The van der Waals surface area contributed by atoms with Gasteiger partial charge in [-0.05, 0) is 0 Å². The average Bonchev–Trinajstić information content (AvgIpc) is 2.41. The lowest BCUT2D eigenvalue weighted by Crippen LogP contribution is -2.34. The Morgan fingerprint density at radius 1 is 1.42 bits per heavy atom. The van der Waals surface area contributed by atoms with Gasteiger partial charge in [-0.25, -0.2) is 0 Å². The minimum absolute atomic E-state index is 0.0346. The molecule has 0 radical (unpaired) electrons. The normalized spacial score (nSPS) is 15.7. The van der Waals surface area contributed by atoms with Crippen molar-refractivity contribution in [1.82, 2.24) is 0 Å². The Morgan fingerprint density at radius 2 is 2.17 bits per heavy atom. The molecule has 3 nitrogen and oxygen atoms in total. The molecule has 1 aliphatic rings. The Kier molecular flexibility index (Phi) is 1.44. The fourth-order valence-electron chi connectivity index (χ4n) is 1.26. The van der Waals surface area contributed by atoms with Crippen molar-refractivity contribution >= 4 is 34.6 Å². The molecule has 0 aromatic carbocycles. The molecular weight excluding hydrogens is 172 g/mol. The molecule has 0 aliphatic heterocycles. The number of rotatable bonds is 0. The maximum atomic E-state index is 11.2. The first-order chi connectivity index (χ1) is 5.70.